The Balaban J connectivity index is 2.22. The molecule has 106 valence electrons. The number of ether oxygens (including phenoxy) is 3. The van der Waals surface area contributed by atoms with Crippen molar-refractivity contribution < 1.29 is 14.2 Å². The van der Waals surface area contributed by atoms with Gasteiger partial charge in [0.2, 0.25) is 0 Å². The summed E-state index contributed by atoms with van der Waals surface area (Å²) in [6.07, 6.45) is 5.99. The first-order valence-electron chi connectivity index (χ1n) is 7.16. The third-order valence-corrected chi connectivity index (χ3v) is 3.75. The standard InChI is InChI=1S/C16H24O3/c1-4-5-6-7-14-13-11-16(18-3)15(17-2)10-12(13)8-9-19-14/h10-11,14H,4-9H2,1-3H3/t14-/m0/s1. The lowest BCUT2D eigenvalue weighted by atomic mass is 9.93. The Morgan fingerprint density at radius 3 is 2.58 bits per heavy atom. The zero-order valence-electron chi connectivity index (χ0n) is 12.2. The molecule has 1 aliphatic rings. The van der Waals surface area contributed by atoms with Crippen LogP contribution in [0, 0.1) is 0 Å². The topological polar surface area (TPSA) is 27.7 Å². The van der Waals surface area contributed by atoms with Crippen LogP contribution in [0.5, 0.6) is 11.5 Å². The van der Waals surface area contributed by atoms with Gasteiger partial charge >= 0.3 is 0 Å². The van der Waals surface area contributed by atoms with Crippen LogP contribution in [0.4, 0.5) is 0 Å². The van der Waals surface area contributed by atoms with Gasteiger partial charge in [0.25, 0.3) is 0 Å². The third-order valence-electron chi connectivity index (χ3n) is 3.75. The summed E-state index contributed by atoms with van der Waals surface area (Å²) in [7, 11) is 3.36. The first-order chi connectivity index (χ1) is 9.30. The van der Waals surface area contributed by atoms with Crippen molar-refractivity contribution >= 4 is 0 Å². The van der Waals surface area contributed by atoms with Gasteiger partial charge in [0.05, 0.1) is 26.9 Å². The average Bonchev–Trinajstić information content (AvgIpc) is 2.46. The highest BCUT2D eigenvalue weighted by atomic mass is 16.5. The number of benzene rings is 1. The maximum absolute atomic E-state index is 5.93. The molecule has 0 fully saturated rings. The molecule has 1 atom stereocenters. The van der Waals surface area contributed by atoms with Crippen LogP contribution in [0.25, 0.3) is 0 Å². The van der Waals surface area contributed by atoms with Crippen LogP contribution < -0.4 is 9.47 Å². The molecule has 0 radical (unpaired) electrons. The lowest BCUT2D eigenvalue weighted by molar-refractivity contribution is 0.0346. The van der Waals surface area contributed by atoms with Gasteiger partial charge in [0, 0.05) is 0 Å². The molecule has 3 nitrogen and oxygen atoms in total. The molecule has 0 saturated carbocycles. The van der Waals surface area contributed by atoms with Crippen molar-refractivity contribution in [2.45, 2.75) is 45.1 Å². The van der Waals surface area contributed by atoms with Crippen LogP contribution >= 0.6 is 0 Å². The minimum Gasteiger partial charge on any atom is -0.493 e. The molecule has 19 heavy (non-hydrogen) atoms. The van der Waals surface area contributed by atoms with Gasteiger partial charge in [-0.2, -0.15) is 0 Å². The third kappa shape index (κ3) is 3.21. The molecule has 0 aliphatic carbocycles. The zero-order valence-corrected chi connectivity index (χ0v) is 12.2. The Morgan fingerprint density at radius 2 is 1.89 bits per heavy atom. The fourth-order valence-electron chi connectivity index (χ4n) is 2.67. The van der Waals surface area contributed by atoms with Gasteiger partial charge in [-0.15, -0.1) is 0 Å². The highest BCUT2D eigenvalue weighted by Crippen LogP contribution is 2.38. The fourth-order valence-corrected chi connectivity index (χ4v) is 2.67. The maximum atomic E-state index is 5.93. The summed E-state index contributed by atoms with van der Waals surface area (Å²) in [6.45, 7) is 3.03. The van der Waals surface area contributed by atoms with E-state index in [1.54, 1.807) is 14.2 Å². The SMILES string of the molecule is CCCCC[C@@H]1OCCc2cc(OC)c(OC)cc21. The summed E-state index contributed by atoms with van der Waals surface area (Å²) in [5.41, 5.74) is 2.62. The van der Waals surface area contributed by atoms with Crippen molar-refractivity contribution in [2.75, 3.05) is 20.8 Å². The first kappa shape index (κ1) is 14.2. The molecule has 0 aromatic heterocycles. The van der Waals surface area contributed by atoms with Gasteiger partial charge in [0.1, 0.15) is 0 Å². The van der Waals surface area contributed by atoms with Crippen LogP contribution in [-0.2, 0) is 11.2 Å². The van der Waals surface area contributed by atoms with Crippen LogP contribution in [-0.4, -0.2) is 20.8 Å². The molecule has 0 bridgehead atoms. The van der Waals surface area contributed by atoms with Gasteiger partial charge in [-0.25, -0.2) is 0 Å². The normalized spacial score (nSPS) is 17.9. The predicted octanol–water partition coefficient (Wildman–Crippen LogP) is 3.90. The quantitative estimate of drug-likeness (QED) is 0.729. The van der Waals surface area contributed by atoms with Gasteiger partial charge in [-0.1, -0.05) is 26.2 Å². The summed E-state index contributed by atoms with van der Waals surface area (Å²) in [5, 5.41) is 0. The lowest BCUT2D eigenvalue weighted by Gasteiger charge is -2.27. The summed E-state index contributed by atoms with van der Waals surface area (Å²) in [6, 6.07) is 4.19. The summed E-state index contributed by atoms with van der Waals surface area (Å²) < 4.78 is 16.7. The minimum atomic E-state index is 0.218. The van der Waals surface area contributed by atoms with E-state index < -0.39 is 0 Å². The molecular formula is C16H24O3. The van der Waals surface area contributed by atoms with Crippen molar-refractivity contribution in [1.29, 1.82) is 0 Å². The maximum Gasteiger partial charge on any atom is 0.161 e. The van der Waals surface area contributed by atoms with E-state index in [2.05, 4.69) is 19.1 Å². The summed E-state index contributed by atoms with van der Waals surface area (Å²) in [5.74, 6) is 1.61. The second-order valence-corrected chi connectivity index (χ2v) is 5.01. The van der Waals surface area contributed by atoms with Crippen molar-refractivity contribution in [3.05, 3.63) is 23.3 Å². The second kappa shape index (κ2) is 6.80. The smallest absolute Gasteiger partial charge is 0.161 e. The fraction of sp³-hybridized carbons (Fsp3) is 0.625. The van der Waals surface area contributed by atoms with Crippen molar-refractivity contribution in [3.8, 4) is 11.5 Å². The first-order valence-corrected chi connectivity index (χ1v) is 7.16. The Bertz CT molecular complexity index is 415. The minimum absolute atomic E-state index is 0.218. The van der Waals surface area contributed by atoms with E-state index in [9.17, 15) is 0 Å². The molecule has 1 aromatic rings. The van der Waals surface area contributed by atoms with Gasteiger partial charge in [0.15, 0.2) is 11.5 Å². The molecule has 3 heteroatoms. The van der Waals surface area contributed by atoms with E-state index in [4.69, 9.17) is 14.2 Å². The number of rotatable bonds is 6. The van der Waals surface area contributed by atoms with Crippen molar-refractivity contribution in [1.82, 2.24) is 0 Å². The van der Waals surface area contributed by atoms with Crippen LogP contribution in [0.15, 0.2) is 12.1 Å². The Hall–Kier alpha value is -1.22. The molecule has 0 amide bonds. The van der Waals surface area contributed by atoms with Crippen molar-refractivity contribution in [2.24, 2.45) is 0 Å². The number of hydrogen-bond acceptors (Lipinski definition) is 3. The van der Waals surface area contributed by atoms with E-state index in [1.165, 1.54) is 30.4 Å². The molecule has 1 aromatic carbocycles. The largest absolute Gasteiger partial charge is 0.493 e. The molecule has 2 rings (SSSR count). The van der Waals surface area contributed by atoms with Crippen LogP contribution in [0.1, 0.15) is 49.8 Å². The van der Waals surface area contributed by atoms with Crippen LogP contribution in [0.2, 0.25) is 0 Å². The average molecular weight is 264 g/mol. The molecule has 0 saturated heterocycles. The lowest BCUT2D eigenvalue weighted by Crippen LogP contribution is -2.16. The Kier molecular flexibility index (Phi) is 5.08. The van der Waals surface area contributed by atoms with E-state index in [-0.39, 0.29) is 6.10 Å². The van der Waals surface area contributed by atoms with Crippen molar-refractivity contribution in [3.63, 3.8) is 0 Å². The molecular weight excluding hydrogens is 240 g/mol. The van der Waals surface area contributed by atoms with E-state index >= 15 is 0 Å². The summed E-state index contributed by atoms with van der Waals surface area (Å²) in [4.78, 5) is 0. The molecule has 1 heterocycles. The van der Waals surface area contributed by atoms with E-state index in [0.29, 0.717) is 0 Å². The van der Waals surface area contributed by atoms with Gasteiger partial charge in [-0.3, -0.25) is 0 Å². The molecule has 0 unspecified atom stereocenters. The van der Waals surface area contributed by atoms with E-state index in [0.717, 1.165) is 30.9 Å². The highest BCUT2D eigenvalue weighted by molar-refractivity contribution is 5.48. The Morgan fingerprint density at radius 1 is 1.16 bits per heavy atom. The molecule has 1 aliphatic heterocycles. The summed E-state index contributed by atoms with van der Waals surface area (Å²) >= 11 is 0. The molecule has 0 spiro atoms. The number of methoxy groups -OCH3 is 2. The molecule has 0 N–H and O–H groups in total. The van der Waals surface area contributed by atoms with E-state index in [1.807, 2.05) is 0 Å². The predicted molar refractivity (Wildman–Crippen MR) is 76.1 cm³/mol. The number of hydrogen-bond donors (Lipinski definition) is 0. The van der Waals surface area contributed by atoms with Gasteiger partial charge < -0.3 is 14.2 Å². The monoisotopic (exact) mass is 264 g/mol. The zero-order chi connectivity index (χ0) is 13.7. The van der Waals surface area contributed by atoms with Gasteiger partial charge in [-0.05, 0) is 36.1 Å². The highest BCUT2D eigenvalue weighted by Gasteiger charge is 2.23. The van der Waals surface area contributed by atoms with Crippen LogP contribution in [0.3, 0.4) is 0 Å². The number of unbranched alkanes of at least 4 members (excludes halogenated alkanes) is 2. The Labute approximate surface area is 115 Å². The second-order valence-electron chi connectivity index (χ2n) is 5.01. The number of fused-ring (bicyclic) bond motifs is 1.